The average molecular weight is 487 g/mol. The highest BCUT2D eigenvalue weighted by molar-refractivity contribution is 6.07. The lowest BCUT2D eigenvalue weighted by Crippen LogP contribution is -2.31. The van der Waals surface area contributed by atoms with Crippen molar-refractivity contribution >= 4 is 34.2 Å². The molecular formula is C26H22FN5O4. The zero-order valence-corrected chi connectivity index (χ0v) is 19.4. The number of nitrogens with zero attached hydrogens (tertiary/aromatic N) is 3. The van der Waals surface area contributed by atoms with Gasteiger partial charge in [0.05, 0.1) is 12.2 Å². The minimum atomic E-state index is -0.885. The number of nitrogens with one attached hydrogen (secondary N) is 2. The number of anilines is 2. The summed E-state index contributed by atoms with van der Waals surface area (Å²) < 4.78 is 20.9. The molecule has 182 valence electrons. The number of aromatic nitrogens is 3. The van der Waals surface area contributed by atoms with Crippen LogP contribution in [0.1, 0.15) is 35.9 Å². The Bertz CT molecular complexity index is 1540. The maximum absolute atomic E-state index is 14.4. The third-order valence-electron chi connectivity index (χ3n) is 5.89. The smallest absolute Gasteiger partial charge is 0.358 e. The molecule has 1 unspecified atom stereocenters. The first kappa shape index (κ1) is 23.0. The van der Waals surface area contributed by atoms with Gasteiger partial charge in [-0.15, -0.1) is 0 Å². The number of aromatic hydroxyl groups is 1. The molecule has 10 heteroatoms. The second-order valence-electron chi connectivity index (χ2n) is 8.25. The van der Waals surface area contributed by atoms with E-state index in [1.165, 1.54) is 22.9 Å². The van der Waals surface area contributed by atoms with Crippen molar-refractivity contribution in [2.24, 2.45) is 0 Å². The Labute approximate surface area is 205 Å². The lowest BCUT2D eigenvalue weighted by atomic mass is 9.94. The van der Waals surface area contributed by atoms with Crippen LogP contribution in [0.2, 0.25) is 0 Å². The maximum Gasteiger partial charge on any atom is 0.358 e. The Hall–Kier alpha value is -4.73. The van der Waals surface area contributed by atoms with Gasteiger partial charge in [0, 0.05) is 35.2 Å². The molecular weight excluding hydrogens is 465 g/mol. The van der Waals surface area contributed by atoms with E-state index in [9.17, 15) is 19.1 Å². The Morgan fingerprint density at radius 3 is 2.78 bits per heavy atom. The van der Waals surface area contributed by atoms with E-state index >= 15 is 0 Å². The number of ether oxygens (including phenoxy) is 1. The molecule has 0 fully saturated rings. The third-order valence-corrected chi connectivity index (χ3v) is 5.89. The fourth-order valence-corrected chi connectivity index (χ4v) is 4.23. The van der Waals surface area contributed by atoms with E-state index < -0.39 is 29.5 Å². The van der Waals surface area contributed by atoms with Crippen molar-refractivity contribution in [3.8, 4) is 5.75 Å². The van der Waals surface area contributed by atoms with E-state index in [2.05, 4.69) is 20.7 Å². The van der Waals surface area contributed by atoms with Gasteiger partial charge in [0.15, 0.2) is 17.3 Å². The molecule has 4 aromatic rings. The van der Waals surface area contributed by atoms with Crippen LogP contribution >= 0.6 is 0 Å². The number of benzene rings is 2. The molecule has 2 aromatic carbocycles. The number of esters is 1. The Morgan fingerprint density at radius 2 is 2.00 bits per heavy atom. The summed E-state index contributed by atoms with van der Waals surface area (Å²) in [5.41, 5.74) is 1.73. The summed E-state index contributed by atoms with van der Waals surface area (Å²) in [6.07, 6.45) is 3.40. The summed E-state index contributed by atoms with van der Waals surface area (Å²) in [7, 11) is 0. The number of carbonyl (C=O) groups excluding carboxylic acids is 2. The lowest BCUT2D eigenvalue weighted by Gasteiger charge is -2.29. The van der Waals surface area contributed by atoms with Crippen LogP contribution in [0.25, 0.3) is 10.8 Å². The number of allylic oxidation sites excluding steroid dienone is 1. The first-order valence-corrected chi connectivity index (χ1v) is 11.2. The maximum atomic E-state index is 14.4. The number of phenols is 1. The normalized spacial score (nSPS) is 14.8. The van der Waals surface area contributed by atoms with Crippen LogP contribution in [0.15, 0.2) is 72.2 Å². The molecule has 0 saturated heterocycles. The van der Waals surface area contributed by atoms with Crippen LogP contribution in [0.3, 0.4) is 0 Å². The van der Waals surface area contributed by atoms with Crippen molar-refractivity contribution in [1.82, 2.24) is 14.8 Å². The summed E-state index contributed by atoms with van der Waals surface area (Å²) in [4.78, 5) is 30.0. The van der Waals surface area contributed by atoms with E-state index in [0.29, 0.717) is 22.8 Å². The number of phenolic OH excluding ortho intramolecular Hbond substituents is 1. The van der Waals surface area contributed by atoms with E-state index in [4.69, 9.17) is 4.74 Å². The molecule has 0 aliphatic carbocycles. The predicted octanol–water partition coefficient (Wildman–Crippen LogP) is 4.38. The minimum absolute atomic E-state index is 0.0428. The van der Waals surface area contributed by atoms with Gasteiger partial charge in [-0.25, -0.2) is 13.9 Å². The topological polar surface area (TPSA) is 118 Å². The van der Waals surface area contributed by atoms with Crippen LogP contribution in [0.4, 0.5) is 15.9 Å². The van der Waals surface area contributed by atoms with E-state index in [1.807, 2.05) is 18.2 Å². The standard InChI is InChI=1S/C26H22FN5O4/c1-3-36-26(35)20-12-22-29-14(2)23(24(32(22)31-20)16-5-7-21(33)19(27)11-16)25(34)30-18-6-4-17-13-28-9-8-15(17)10-18/h4-13,24,29,33H,3H2,1-2H3,(H,30,34). The van der Waals surface area contributed by atoms with Crippen LogP contribution < -0.4 is 10.6 Å². The Balaban J connectivity index is 1.57. The number of fused-ring (bicyclic) bond motifs is 2. The van der Waals surface area contributed by atoms with Gasteiger partial charge >= 0.3 is 5.97 Å². The Morgan fingerprint density at radius 1 is 1.17 bits per heavy atom. The monoisotopic (exact) mass is 487 g/mol. The third kappa shape index (κ3) is 4.13. The van der Waals surface area contributed by atoms with Crippen LogP contribution in [-0.4, -0.2) is 38.4 Å². The highest BCUT2D eigenvalue weighted by Gasteiger charge is 2.35. The number of halogens is 1. The van der Waals surface area contributed by atoms with Crippen molar-refractivity contribution in [1.29, 1.82) is 0 Å². The molecule has 2 aromatic heterocycles. The molecule has 3 heterocycles. The highest BCUT2D eigenvalue weighted by atomic mass is 19.1. The van der Waals surface area contributed by atoms with Crippen LogP contribution in [0.5, 0.6) is 5.75 Å². The van der Waals surface area contributed by atoms with E-state index in [1.54, 1.807) is 32.3 Å². The lowest BCUT2D eigenvalue weighted by molar-refractivity contribution is -0.113. The Kier molecular flexibility index (Phi) is 5.85. The number of amides is 1. The summed E-state index contributed by atoms with van der Waals surface area (Å²) in [6.45, 7) is 3.57. The first-order chi connectivity index (χ1) is 17.4. The van der Waals surface area contributed by atoms with Crippen LogP contribution in [-0.2, 0) is 9.53 Å². The molecule has 3 N–H and O–H groups in total. The summed E-state index contributed by atoms with van der Waals surface area (Å²) in [6, 6.07) is 11.8. The molecule has 1 aliphatic rings. The fraction of sp³-hybridized carbons (Fsp3) is 0.154. The second kappa shape index (κ2) is 9.14. The quantitative estimate of drug-likeness (QED) is 0.358. The van der Waals surface area contributed by atoms with Crippen molar-refractivity contribution in [2.75, 3.05) is 17.2 Å². The van der Waals surface area contributed by atoms with Gasteiger partial charge in [0.1, 0.15) is 11.9 Å². The van der Waals surface area contributed by atoms with E-state index in [0.717, 1.165) is 16.8 Å². The summed E-state index contributed by atoms with van der Waals surface area (Å²) >= 11 is 0. The molecule has 9 nitrogen and oxygen atoms in total. The molecule has 0 saturated carbocycles. The molecule has 1 amide bonds. The fourth-order valence-electron chi connectivity index (χ4n) is 4.23. The number of pyridine rings is 1. The molecule has 36 heavy (non-hydrogen) atoms. The minimum Gasteiger partial charge on any atom is -0.505 e. The number of rotatable bonds is 5. The summed E-state index contributed by atoms with van der Waals surface area (Å²) in [5.74, 6) is -1.98. The van der Waals surface area contributed by atoms with Crippen molar-refractivity contribution < 1.29 is 23.8 Å². The van der Waals surface area contributed by atoms with E-state index in [-0.39, 0.29) is 17.9 Å². The van der Waals surface area contributed by atoms with Crippen molar-refractivity contribution in [2.45, 2.75) is 19.9 Å². The zero-order chi connectivity index (χ0) is 25.4. The van der Waals surface area contributed by atoms with Gasteiger partial charge in [0.25, 0.3) is 5.91 Å². The van der Waals surface area contributed by atoms with Gasteiger partial charge in [0.2, 0.25) is 0 Å². The van der Waals surface area contributed by atoms with Crippen molar-refractivity contribution in [3.63, 3.8) is 0 Å². The van der Waals surface area contributed by atoms with Gasteiger partial charge in [-0.2, -0.15) is 5.10 Å². The number of carbonyl (C=O) groups is 2. The van der Waals surface area contributed by atoms with Gasteiger partial charge < -0.3 is 20.5 Å². The molecule has 0 bridgehead atoms. The average Bonchev–Trinajstić information content (AvgIpc) is 3.28. The predicted molar refractivity (Wildman–Crippen MR) is 131 cm³/mol. The van der Waals surface area contributed by atoms with Gasteiger partial charge in [-0.1, -0.05) is 12.1 Å². The molecule has 0 radical (unpaired) electrons. The molecule has 0 spiro atoms. The molecule has 5 rings (SSSR count). The summed E-state index contributed by atoms with van der Waals surface area (Å²) in [5, 5.41) is 21.9. The molecule has 1 atom stereocenters. The zero-order valence-electron chi connectivity index (χ0n) is 19.4. The second-order valence-corrected chi connectivity index (χ2v) is 8.25. The SMILES string of the molecule is CCOC(=O)c1cc2n(n1)C(c1ccc(O)c(F)c1)C(C(=O)Nc1ccc3cnccc3c1)=C(C)N2. The highest BCUT2D eigenvalue weighted by Crippen LogP contribution is 2.38. The largest absolute Gasteiger partial charge is 0.505 e. The van der Waals surface area contributed by atoms with Gasteiger partial charge in [-0.3, -0.25) is 9.78 Å². The number of hydrogen-bond donors (Lipinski definition) is 3. The van der Waals surface area contributed by atoms with Crippen LogP contribution in [0, 0.1) is 5.82 Å². The number of hydrogen-bond acceptors (Lipinski definition) is 7. The van der Waals surface area contributed by atoms with Gasteiger partial charge in [-0.05, 0) is 55.1 Å². The molecule has 1 aliphatic heterocycles. The first-order valence-electron chi connectivity index (χ1n) is 11.2. The van der Waals surface area contributed by atoms with Crippen molar-refractivity contribution in [3.05, 3.63) is 89.3 Å².